The van der Waals surface area contributed by atoms with E-state index in [2.05, 4.69) is 15.2 Å². The number of benzene rings is 1. The number of anilines is 2. The maximum absolute atomic E-state index is 12.9. The summed E-state index contributed by atoms with van der Waals surface area (Å²) in [5.41, 5.74) is 0.751. The van der Waals surface area contributed by atoms with Crippen LogP contribution >= 0.6 is 11.3 Å². The molecule has 26 heavy (non-hydrogen) atoms. The molecule has 7 nitrogen and oxygen atoms in total. The number of nitrogens with one attached hydrogen (secondary N) is 2. The molecule has 3 aromatic rings. The van der Waals surface area contributed by atoms with Gasteiger partial charge < -0.3 is 9.84 Å². The van der Waals surface area contributed by atoms with Gasteiger partial charge in [0.05, 0.1) is 5.69 Å². The minimum Gasteiger partial charge on any atom is -0.360 e. The Morgan fingerprint density at radius 1 is 1.19 bits per heavy atom. The van der Waals surface area contributed by atoms with Crippen LogP contribution in [0.5, 0.6) is 0 Å². The number of aromatic nitrogens is 1. The first kappa shape index (κ1) is 18.1. The zero-order valence-corrected chi connectivity index (χ0v) is 15.4. The first-order valence-electron chi connectivity index (χ1n) is 7.38. The summed E-state index contributed by atoms with van der Waals surface area (Å²) >= 11 is 1.07. The molecule has 1 aromatic carbocycles. The summed E-state index contributed by atoms with van der Waals surface area (Å²) in [6.45, 7) is 3.01. The number of aryl methyl sites for hydroxylation is 2. The van der Waals surface area contributed by atoms with Gasteiger partial charge in [0.1, 0.15) is 16.4 Å². The Hall–Kier alpha value is -2.72. The lowest BCUT2D eigenvalue weighted by Crippen LogP contribution is -2.18. The van der Waals surface area contributed by atoms with Crippen molar-refractivity contribution in [3.8, 4) is 0 Å². The summed E-state index contributed by atoms with van der Waals surface area (Å²) in [7, 11) is -3.96. The highest BCUT2D eigenvalue weighted by molar-refractivity contribution is 7.92. The second-order valence-corrected chi connectivity index (χ2v) is 7.92. The van der Waals surface area contributed by atoms with Gasteiger partial charge in [-0.2, -0.15) is 0 Å². The summed E-state index contributed by atoms with van der Waals surface area (Å²) < 4.78 is 45.4. The number of carbonyl (C=O) groups is 1. The summed E-state index contributed by atoms with van der Waals surface area (Å²) in [6, 6.07) is 6.74. The highest BCUT2D eigenvalue weighted by Gasteiger charge is 2.26. The van der Waals surface area contributed by atoms with Crippen LogP contribution in [-0.4, -0.2) is 19.5 Å². The number of sulfonamides is 1. The number of hydrogen-bond acceptors (Lipinski definition) is 6. The fourth-order valence-corrected chi connectivity index (χ4v) is 4.55. The molecule has 0 radical (unpaired) electrons. The average molecular weight is 395 g/mol. The van der Waals surface area contributed by atoms with Crippen LogP contribution in [0, 0.1) is 19.7 Å². The van der Waals surface area contributed by atoms with Crippen LogP contribution in [0.2, 0.25) is 0 Å². The third kappa shape index (κ3) is 3.60. The second-order valence-electron chi connectivity index (χ2n) is 5.38. The van der Waals surface area contributed by atoms with Gasteiger partial charge in [0.2, 0.25) is 0 Å². The van der Waals surface area contributed by atoms with Gasteiger partial charge in [-0.05, 0) is 49.6 Å². The van der Waals surface area contributed by atoms with Gasteiger partial charge in [0.15, 0.2) is 10.7 Å². The molecule has 0 fully saturated rings. The van der Waals surface area contributed by atoms with E-state index in [4.69, 9.17) is 4.52 Å². The minimum absolute atomic E-state index is 0.0615. The molecule has 0 spiro atoms. The molecule has 136 valence electrons. The highest BCUT2D eigenvalue weighted by atomic mass is 32.2. The molecule has 2 heterocycles. The predicted molar refractivity (Wildman–Crippen MR) is 95.5 cm³/mol. The Morgan fingerprint density at radius 2 is 1.88 bits per heavy atom. The molecule has 0 unspecified atom stereocenters. The second kappa shape index (κ2) is 6.89. The number of hydrogen-bond donors (Lipinski definition) is 2. The smallest absolute Gasteiger partial charge is 0.267 e. The van der Waals surface area contributed by atoms with Crippen LogP contribution in [0.1, 0.15) is 21.1 Å². The Kier molecular flexibility index (Phi) is 4.79. The van der Waals surface area contributed by atoms with Crippen LogP contribution < -0.4 is 10.0 Å². The molecular formula is C16H14FN3O4S2. The number of amides is 1. The molecule has 1 amide bonds. The fraction of sp³-hybridized carbons (Fsp3) is 0.125. The van der Waals surface area contributed by atoms with E-state index in [1.165, 1.54) is 44.2 Å². The van der Waals surface area contributed by atoms with E-state index >= 15 is 0 Å². The lowest BCUT2D eigenvalue weighted by molar-refractivity contribution is 0.103. The van der Waals surface area contributed by atoms with Crippen molar-refractivity contribution in [3.63, 3.8) is 0 Å². The maximum atomic E-state index is 12.9. The van der Waals surface area contributed by atoms with E-state index in [1.807, 2.05) is 0 Å². The zero-order chi connectivity index (χ0) is 18.9. The first-order valence-corrected chi connectivity index (χ1v) is 9.74. The van der Waals surface area contributed by atoms with Gasteiger partial charge in [-0.15, -0.1) is 11.3 Å². The van der Waals surface area contributed by atoms with Crippen LogP contribution in [0.15, 0.2) is 45.1 Å². The van der Waals surface area contributed by atoms with E-state index in [0.29, 0.717) is 5.69 Å². The van der Waals surface area contributed by atoms with Gasteiger partial charge in [-0.25, -0.2) is 12.8 Å². The monoisotopic (exact) mass is 395 g/mol. The first-order chi connectivity index (χ1) is 12.3. The van der Waals surface area contributed by atoms with E-state index in [-0.39, 0.29) is 26.9 Å². The Bertz CT molecular complexity index is 1040. The van der Waals surface area contributed by atoms with E-state index in [1.54, 1.807) is 5.38 Å². The topological polar surface area (TPSA) is 101 Å². The third-order valence-corrected chi connectivity index (χ3v) is 5.98. The molecule has 2 N–H and O–H groups in total. The molecule has 0 aliphatic heterocycles. The molecular weight excluding hydrogens is 381 g/mol. The van der Waals surface area contributed by atoms with E-state index in [9.17, 15) is 17.6 Å². The molecule has 2 aromatic heterocycles. The molecule has 0 bridgehead atoms. The predicted octanol–water partition coefficient (Wildman–Crippen LogP) is 3.55. The quantitative estimate of drug-likeness (QED) is 0.688. The minimum atomic E-state index is -3.96. The normalized spacial score (nSPS) is 11.3. The number of nitrogens with zero attached hydrogens (tertiary/aromatic N) is 1. The van der Waals surface area contributed by atoms with E-state index in [0.717, 1.165) is 11.3 Å². The van der Waals surface area contributed by atoms with Crippen molar-refractivity contribution >= 4 is 38.6 Å². The molecule has 10 heteroatoms. The lowest BCUT2D eigenvalue weighted by Gasteiger charge is -2.09. The third-order valence-electron chi connectivity index (χ3n) is 3.45. The van der Waals surface area contributed by atoms with Crippen molar-refractivity contribution in [1.29, 1.82) is 0 Å². The molecule has 3 rings (SSSR count). The average Bonchev–Trinajstić information content (AvgIpc) is 3.15. The van der Waals surface area contributed by atoms with Crippen LogP contribution in [0.4, 0.5) is 15.8 Å². The van der Waals surface area contributed by atoms with Gasteiger partial charge in [0.25, 0.3) is 15.9 Å². The molecule has 0 saturated carbocycles. The van der Waals surface area contributed by atoms with Crippen LogP contribution in [-0.2, 0) is 10.0 Å². The number of halogens is 1. The molecule has 0 aliphatic rings. The van der Waals surface area contributed by atoms with Crippen molar-refractivity contribution < 1.29 is 22.1 Å². The fourth-order valence-electron chi connectivity index (χ4n) is 2.34. The van der Waals surface area contributed by atoms with Gasteiger partial charge in [-0.1, -0.05) is 5.16 Å². The zero-order valence-electron chi connectivity index (χ0n) is 13.7. The standard InChI is InChI=1S/C16H14FN3O4S2/c1-9-15(10(2)24-19-9)26(22,23)20-13-7-8-25-14(13)16(21)18-12-5-3-11(17)4-6-12/h3-8,20H,1-2H3,(H,18,21). The van der Waals surface area contributed by atoms with Crippen LogP contribution in [0.25, 0.3) is 0 Å². The van der Waals surface area contributed by atoms with Gasteiger partial charge >= 0.3 is 0 Å². The van der Waals surface area contributed by atoms with Gasteiger partial charge in [0, 0.05) is 5.69 Å². The van der Waals surface area contributed by atoms with Crippen molar-refractivity contribution in [2.24, 2.45) is 0 Å². The number of carbonyl (C=O) groups excluding carboxylic acids is 1. The summed E-state index contributed by atoms with van der Waals surface area (Å²) in [5.74, 6) is -0.780. The van der Waals surface area contributed by atoms with Crippen molar-refractivity contribution in [2.75, 3.05) is 10.0 Å². The Morgan fingerprint density at radius 3 is 2.50 bits per heavy atom. The van der Waals surface area contributed by atoms with Crippen molar-refractivity contribution in [3.05, 3.63) is 57.9 Å². The summed E-state index contributed by atoms with van der Waals surface area (Å²) in [5, 5.41) is 7.81. The largest absolute Gasteiger partial charge is 0.360 e. The van der Waals surface area contributed by atoms with Crippen LogP contribution in [0.3, 0.4) is 0 Å². The summed E-state index contributed by atoms with van der Waals surface area (Å²) in [6.07, 6.45) is 0. The Labute approximate surface area is 152 Å². The van der Waals surface area contributed by atoms with Gasteiger partial charge in [-0.3, -0.25) is 9.52 Å². The van der Waals surface area contributed by atoms with Crippen molar-refractivity contribution in [2.45, 2.75) is 18.7 Å². The number of rotatable bonds is 5. The molecule has 0 aliphatic carbocycles. The van der Waals surface area contributed by atoms with Crippen molar-refractivity contribution in [1.82, 2.24) is 5.16 Å². The Balaban J connectivity index is 1.84. The summed E-state index contributed by atoms with van der Waals surface area (Å²) in [4.78, 5) is 12.5. The number of thiophene rings is 1. The van der Waals surface area contributed by atoms with E-state index < -0.39 is 21.7 Å². The maximum Gasteiger partial charge on any atom is 0.267 e. The highest BCUT2D eigenvalue weighted by Crippen LogP contribution is 2.28. The lowest BCUT2D eigenvalue weighted by atomic mass is 10.3. The molecule has 0 saturated heterocycles. The molecule has 0 atom stereocenters. The SMILES string of the molecule is Cc1noc(C)c1S(=O)(=O)Nc1ccsc1C(=O)Nc1ccc(F)cc1.